The van der Waals surface area contributed by atoms with Gasteiger partial charge in [-0.15, -0.1) is 10.2 Å². The zero-order chi connectivity index (χ0) is 13.8. The molecule has 0 radical (unpaired) electrons. The molecule has 2 aromatic rings. The number of aryl methyl sites for hydroxylation is 1. The molecule has 6 nitrogen and oxygen atoms in total. The second-order valence-electron chi connectivity index (χ2n) is 4.68. The van der Waals surface area contributed by atoms with Crippen molar-refractivity contribution in [3.8, 4) is 0 Å². The molecule has 2 rings (SSSR count). The van der Waals surface area contributed by atoms with E-state index < -0.39 is 0 Å². The molecule has 19 heavy (non-hydrogen) atoms. The predicted octanol–water partition coefficient (Wildman–Crippen LogP) is 1.10. The zero-order valence-electron chi connectivity index (χ0n) is 11.1. The molecule has 1 unspecified atom stereocenters. The second kappa shape index (κ2) is 5.60. The molecular weight excluding hydrogens is 242 g/mol. The molecule has 1 heterocycles. The largest absolute Gasteiger partial charge is 0.399 e. The number of nitrogen functional groups attached to an aromatic ring is 1. The van der Waals surface area contributed by atoms with Gasteiger partial charge in [-0.3, -0.25) is 4.79 Å². The molecule has 1 aromatic heterocycles. The van der Waals surface area contributed by atoms with E-state index in [1.807, 2.05) is 31.2 Å². The number of hydrogen-bond acceptors (Lipinski definition) is 5. The van der Waals surface area contributed by atoms with Gasteiger partial charge in [-0.05, 0) is 28.8 Å². The molecule has 100 valence electrons. The van der Waals surface area contributed by atoms with Gasteiger partial charge >= 0.3 is 0 Å². The van der Waals surface area contributed by atoms with Gasteiger partial charge < -0.3 is 5.73 Å². The Balaban J connectivity index is 1.93. The molecular formula is C13H17N5O. The van der Waals surface area contributed by atoms with E-state index in [0.717, 1.165) is 11.3 Å². The van der Waals surface area contributed by atoms with Crippen molar-refractivity contribution < 1.29 is 4.79 Å². The maximum atomic E-state index is 11.9. The first-order chi connectivity index (χ1) is 9.04. The number of benzene rings is 1. The maximum Gasteiger partial charge on any atom is 0.182 e. The first kappa shape index (κ1) is 13.2. The third kappa shape index (κ3) is 3.61. The summed E-state index contributed by atoms with van der Waals surface area (Å²) in [5.74, 6) is 0.735. The van der Waals surface area contributed by atoms with Crippen molar-refractivity contribution in [2.75, 3.05) is 5.73 Å². The van der Waals surface area contributed by atoms with Gasteiger partial charge in [0.25, 0.3) is 0 Å². The van der Waals surface area contributed by atoms with Crippen LogP contribution in [-0.4, -0.2) is 26.0 Å². The highest BCUT2D eigenvalue weighted by molar-refractivity contribution is 5.80. The molecule has 0 amide bonds. The van der Waals surface area contributed by atoms with Crippen LogP contribution in [0.5, 0.6) is 0 Å². The fourth-order valence-corrected chi connectivity index (χ4v) is 1.93. The number of Topliss-reactive ketones (excluding diaryl/α,β-unsaturated/α-hetero) is 1. The summed E-state index contributed by atoms with van der Waals surface area (Å²) < 4.78 is 0. The maximum absolute atomic E-state index is 11.9. The van der Waals surface area contributed by atoms with Crippen LogP contribution in [0.1, 0.15) is 30.7 Å². The van der Waals surface area contributed by atoms with Crippen molar-refractivity contribution in [1.29, 1.82) is 0 Å². The highest BCUT2D eigenvalue weighted by atomic mass is 16.1. The van der Waals surface area contributed by atoms with Gasteiger partial charge in [0.2, 0.25) is 0 Å². The SMILES string of the molecule is CC(CC(=O)Cc1nnn(C)n1)c1ccc(N)cc1. The summed E-state index contributed by atoms with van der Waals surface area (Å²) in [6.45, 7) is 2.02. The molecule has 0 fully saturated rings. The molecule has 0 saturated carbocycles. The number of carbonyl (C=O) groups excluding carboxylic acids is 1. The van der Waals surface area contributed by atoms with Crippen LogP contribution in [0.2, 0.25) is 0 Å². The van der Waals surface area contributed by atoms with Crippen molar-refractivity contribution in [3.05, 3.63) is 35.7 Å². The fourth-order valence-electron chi connectivity index (χ4n) is 1.93. The van der Waals surface area contributed by atoms with E-state index in [-0.39, 0.29) is 18.1 Å². The number of aromatic nitrogens is 4. The van der Waals surface area contributed by atoms with Crippen LogP contribution in [0.25, 0.3) is 0 Å². The molecule has 0 aliphatic rings. The van der Waals surface area contributed by atoms with Crippen molar-refractivity contribution >= 4 is 11.5 Å². The molecule has 0 spiro atoms. The summed E-state index contributed by atoms with van der Waals surface area (Å²) in [6.07, 6.45) is 0.690. The first-order valence-electron chi connectivity index (χ1n) is 6.14. The van der Waals surface area contributed by atoms with Crippen molar-refractivity contribution in [2.45, 2.75) is 25.7 Å². The van der Waals surface area contributed by atoms with Gasteiger partial charge in [0, 0.05) is 12.1 Å². The molecule has 2 N–H and O–H groups in total. The van der Waals surface area contributed by atoms with Gasteiger partial charge in [0.05, 0.1) is 13.5 Å². The van der Waals surface area contributed by atoms with E-state index in [2.05, 4.69) is 15.4 Å². The lowest BCUT2D eigenvalue weighted by molar-refractivity contribution is -0.118. The Bertz CT molecular complexity index is 561. The van der Waals surface area contributed by atoms with Crippen LogP contribution in [0.3, 0.4) is 0 Å². The van der Waals surface area contributed by atoms with Gasteiger partial charge in [-0.25, -0.2) is 0 Å². The van der Waals surface area contributed by atoms with E-state index in [9.17, 15) is 4.79 Å². The molecule has 0 aliphatic carbocycles. The minimum Gasteiger partial charge on any atom is -0.399 e. The van der Waals surface area contributed by atoms with Crippen LogP contribution >= 0.6 is 0 Å². The molecule has 1 aromatic carbocycles. The number of nitrogens with two attached hydrogens (primary N) is 1. The lowest BCUT2D eigenvalue weighted by atomic mass is 9.94. The average molecular weight is 259 g/mol. The number of tetrazole rings is 1. The Morgan fingerprint density at radius 3 is 2.63 bits per heavy atom. The third-order valence-corrected chi connectivity index (χ3v) is 2.94. The third-order valence-electron chi connectivity index (χ3n) is 2.94. The van der Waals surface area contributed by atoms with Crippen LogP contribution in [-0.2, 0) is 18.3 Å². The Hall–Kier alpha value is -2.24. The van der Waals surface area contributed by atoms with E-state index >= 15 is 0 Å². The van der Waals surface area contributed by atoms with Gasteiger partial charge in [-0.2, -0.15) is 4.80 Å². The van der Waals surface area contributed by atoms with Gasteiger partial charge in [0.1, 0.15) is 5.78 Å². The Labute approximate surface area is 111 Å². The normalized spacial score (nSPS) is 12.3. The van der Waals surface area contributed by atoms with Crippen LogP contribution in [0.4, 0.5) is 5.69 Å². The summed E-state index contributed by atoms with van der Waals surface area (Å²) in [5.41, 5.74) is 7.47. The number of anilines is 1. The Morgan fingerprint density at radius 2 is 2.05 bits per heavy atom. The second-order valence-corrected chi connectivity index (χ2v) is 4.68. The summed E-state index contributed by atoms with van der Waals surface area (Å²) in [4.78, 5) is 13.3. The smallest absolute Gasteiger partial charge is 0.182 e. The van der Waals surface area contributed by atoms with Gasteiger partial charge in [0.15, 0.2) is 5.82 Å². The lowest BCUT2D eigenvalue weighted by Gasteiger charge is -2.10. The van der Waals surface area contributed by atoms with Crippen molar-refractivity contribution in [1.82, 2.24) is 20.2 Å². The van der Waals surface area contributed by atoms with E-state index in [0.29, 0.717) is 12.2 Å². The van der Waals surface area contributed by atoms with Crippen molar-refractivity contribution in [3.63, 3.8) is 0 Å². The van der Waals surface area contributed by atoms with E-state index in [1.165, 1.54) is 4.80 Å². The predicted molar refractivity (Wildman–Crippen MR) is 71.4 cm³/mol. The number of carbonyl (C=O) groups is 1. The number of ketones is 1. The lowest BCUT2D eigenvalue weighted by Crippen LogP contribution is -2.09. The first-order valence-corrected chi connectivity index (χ1v) is 6.14. The standard InChI is InChI=1S/C13H17N5O/c1-9(10-3-5-11(14)6-4-10)7-12(19)8-13-15-17-18(2)16-13/h3-6,9H,7-8,14H2,1-2H3. The fraction of sp³-hybridized carbons (Fsp3) is 0.385. The molecule has 0 aliphatic heterocycles. The van der Waals surface area contributed by atoms with E-state index in [1.54, 1.807) is 7.05 Å². The minimum atomic E-state index is 0.109. The number of nitrogens with zero attached hydrogens (tertiary/aromatic N) is 4. The highest BCUT2D eigenvalue weighted by Crippen LogP contribution is 2.20. The average Bonchev–Trinajstić information content (AvgIpc) is 2.75. The zero-order valence-corrected chi connectivity index (χ0v) is 11.1. The number of rotatable bonds is 5. The van der Waals surface area contributed by atoms with Crippen LogP contribution < -0.4 is 5.73 Å². The van der Waals surface area contributed by atoms with E-state index in [4.69, 9.17) is 5.73 Å². The Kier molecular flexibility index (Phi) is 3.89. The van der Waals surface area contributed by atoms with Gasteiger partial charge in [-0.1, -0.05) is 19.1 Å². The summed E-state index contributed by atoms with van der Waals surface area (Å²) in [6, 6.07) is 7.60. The molecule has 6 heteroatoms. The highest BCUT2D eigenvalue weighted by Gasteiger charge is 2.14. The molecule has 0 bridgehead atoms. The molecule has 0 saturated heterocycles. The molecule has 1 atom stereocenters. The monoisotopic (exact) mass is 259 g/mol. The van der Waals surface area contributed by atoms with Crippen LogP contribution in [0.15, 0.2) is 24.3 Å². The summed E-state index contributed by atoms with van der Waals surface area (Å²) >= 11 is 0. The van der Waals surface area contributed by atoms with Crippen molar-refractivity contribution in [2.24, 2.45) is 7.05 Å². The summed E-state index contributed by atoms with van der Waals surface area (Å²) in [7, 11) is 1.68. The number of hydrogen-bond donors (Lipinski definition) is 1. The van der Waals surface area contributed by atoms with Crippen LogP contribution in [0, 0.1) is 0 Å². The topological polar surface area (TPSA) is 86.7 Å². The minimum absolute atomic E-state index is 0.109. The summed E-state index contributed by atoms with van der Waals surface area (Å²) in [5, 5.41) is 11.5. The Morgan fingerprint density at radius 1 is 1.37 bits per heavy atom. The quantitative estimate of drug-likeness (QED) is 0.812.